The molecular weight excluding hydrogens is 300 g/mol. The Morgan fingerprint density at radius 1 is 1.10 bits per heavy atom. The lowest BCUT2D eigenvalue weighted by molar-refractivity contribution is 0.569. The number of anilines is 2. The van der Waals surface area contributed by atoms with Crippen LogP contribution in [0.1, 0.15) is 5.56 Å². The molecule has 3 N–H and O–H groups in total. The predicted octanol–water partition coefficient (Wildman–Crippen LogP) is 2.22. The van der Waals surface area contributed by atoms with Gasteiger partial charge >= 0.3 is 0 Å². The van der Waals surface area contributed by atoms with Crippen molar-refractivity contribution >= 4 is 21.4 Å². The van der Waals surface area contributed by atoms with E-state index in [1.54, 1.807) is 6.07 Å². The van der Waals surface area contributed by atoms with Crippen LogP contribution in [0.3, 0.4) is 0 Å². The summed E-state index contributed by atoms with van der Waals surface area (Å²) < 4.78 is 53.2. The molecule has 0 unspecified atom stereocenters. The quantitative estimate of drug-likeness (QED) is 0.850. The minimum absolute atomic E-state index is 0.0329. The zero-order chi connectivity index (χ0) is 15.6. The van der Waals surface area contributed by atoms with Gasteiger partial charge in [0.05, 0.1) is 17.3 Å². The van der Waals surface area contributed by atoms with Gasteiger partial charge < -0.3 is 5.73 Å². The Balaban J connectivity index is 2.43. The van der Waals surface area contributed by atoms with Gasteiger partial charge in [0.1, 0.15) is 16.5 Å². The summed E-state index contributed by atoms with van der Waals surface area (Å²) in [5.41, 5.74) is 5.11. The van der Waals surface area contributed by atoms with Crippen LogP contribution in [0.25, 0.3) is 0 Å². The molecule has 0 fully saturated rings. The van der Waals surface area contributed by atoms with Gasteiger partial charge in [-0.1, -0.05) is 0 Å². The third-order valence-electron chi connectivity index (χ3n) is 2.59. The first-order chi connectivity index (χ1) is 9.83. The Morgan fingerprint density at radius 2 is 1.81 bits per heavy atom. The van der Waals surface area contributed by atoms with Crippen molar-refractivity contribution in [2.24, 2.45) is 0 Å². The van der Waals surface area contributed by atoms with E-state index in [4.69, 9.17) is 11.0 Å². The maximum Gasteiger partial charge on any atom is 0.264 e. The van der Waals surface area contributed by atoms with Crippen LogP contribution in [-0.4, -0.2) is 8.42 Å². The fourth-order valence-corrected chi connectivity index (χ4v) is 2.77. The number of nitrogens with one attached hydrogen (secondary N) is 1. The SMILES string of the molecule is N#Cc1ccc(NS(=O)(=O)c2cc(N)ccc2F)c(F)c1. The number of nitrogens with two attached hydrogens (primary N) is 1. The minimum Gasteiger partial charge on any atom is -0.399 e. The minimum atomic E-state index is -4.34. The second-order valence-corrected chi connectivity index (χ2v) is 5.75. The molecule has 0 bridgehead atoms. The van der Waals surface area contributed by atoms with E-state index in [1.807, 2.05) is 4.72 Å². The number of sulfonamides is 1. The zero-order valence-corrected chi connectivity index (χ0v) is 11.3. The molecule has 0 aromatic heterocycles. The highest BCUT2D eigenvalue weighted by Crippen LogP contribution is 2.23. The van der Waals surface area contributed by atoms with Crippen molar-refractivity contribution < 1.29 is 17.2 Å². The fourth-order valence-electron chi connectivity index (χ4n) is 1.59. The molecule has 108 valence electrons. The van der Waals surface area contributed by atoms with Crippen LogP contribution in [-0.2, 0) is 10.0 Å². The molecule has 0 amide bonds. The van der Waals surface area contributed by atoms with Gasteiger partial charge in [0.2, 0.25) is 0 Å². The summed E-state index contributed by atoms with van der Waals surface area (Å²) in [6.07, 6.45) is 0. The van der Waals surface area contributed by atoms with Gasteiger partial charge in [0.15, 0.2) is 0 Å². The monoisotopic (exact) mass is 309 g/mol. The van der Waals surface area contributed by atoms with E-state index < -0.39 is 32.2 Å². The highest BCUT2D eigenvalue weighted by molar-refractivity contribution is 7.92. The van der Waals surface area contributed by atoms with Crippen molar-refractivity contribution in [1.82, 2.24) is 0 Å². The van der Waals surface area contributed by atoms with E-state index in [1.165, 1.54) is 12.1 Å². The fraction of sp³-hybridized carbons (Fsp3) is 0. The van der Waals surface area contributed by atoms with Gasteiger partial charge in [0, 0.05) is 5.69 Å². The first-order valence-electron chi connectivity index (χ1n) is 5.61. The van der Waals surface area contributed by atoms with E-state index in [0.29, 0.717) is 0 Å². The Bertz CT molecular complexity index is 845. The Kier molecular flexibility index (Phi) is 3.78. The second kappa shape index (κ2) is 5.38. The Hall–Kier alpha value is -2.66. The molecule has 0 spiro atoms. The van der Waals surface area contributed by atoms with E-state index in [-0.39, 0.29) is 11.3 Å². The summed E-state index contributed by atoms with van der Waals surface area (Å²) in [5, 5.41) is 8.61. The van der Waals surface area contributed by atoms with Crippen LogP contribution >= 0.6 is 0 Å². The van der Waals surface area contributed by atoms with Gasteiger partial charge in [-0.15, -0.1) is 0 Å². The van der Waals surface area contributed by atoms with Gasteiger partial charge in [-0.3, -0.25) is 4.72 Å². The van der Waals surface area contributed by atoms with Crippen molar-refractivity contribution in [2.75, 3.05) is 10.5 Å². The van der Waals surface area contributed by atoms with Crippen molar-refractivity contribution in [2.45, 2.75) is 4.90 Å². The molecule has 8 heteroatoms. The smallest absolute Gasteiger partial charge is 0.264 e. The molecular formula is C13H9F2N3O2S. The summed E-state index contributed by atoms with van der Waals surface area (Å²) in [4.78, 5) is -0.689. The molecule has 0 atom stereocenters. The highest BCUT2D eigenvalue weighted by Gasteiger charge is 2.21. The molecule has 0 aliphatic carbocycles. The van der Waals surface area contributed by atoms with Gasteiger partial charge in [-0.2, -0.15) is 5.26 Å². The van der Waals surface area contributed by atoms with Gasteiger partial charge in [0.25, 0.3) is 10.0 Å². The van der Waals surface area contributed by atoms with E-state index in [9.17, 15) is 17.2 Å². The third kappa shape index (κ3) is 3.09. The normalized spacial score (nSPS) is 10.9. The van der Waals surface area contributed by atoms with Crippen molar-refractivity contribution in [3.05, 3.63) is 53.6 Å². The van der Waals surface area contributed by atoms with E-state index in [0.717, 1.165) is 24.3 Å². The molecule has 0 radical (unpaired) electrons. The van der Waals surface area contributed by atoms with Crippen LogP contribution in [0, 0.1) is 23.0 Å². The number of nitrogen functional groups attached to an aromatic ring is 1. The highest BCUT2D eigenvalue weighted by atomic mass is 32.2. The van der Waals surface area contributed by atoms with E-state index in [2.05, 4.69) is 0 Å². The molecule has 2 rings (SSSR count). The van der Waals surface area contributed by atoms with Gasteiger partial charge in [-0.05, 0) is 36.4 Å². The second-order valence-electron chi connectivity index (χ2n) is 4.10. The van der Waals surface area contributed by atoms with Crippen molar-refractivity contribution in [3.63, 3.8) is 0 Å². The number of hydrogen-bond donors (Lipinski definition) is 2. The maximum atomic E-state index is 13.7. The number of benzene rings is 2. The largest absolute Gasteiger partial charge is 0.399 e. The van der Waals surface area contributed by atoms with Crippen LogP contribution in [0.5, 0.6) is 0 Å². The first-order valence-corrected chi connectivity index (χ1v) is 7.09. The Labute approximate surface area is 119 Å². The number of nitriles is 1. The van der Waals surface area contributed by atoms with E-state index >= 15 is 0 Å². The molecule has 5 nitrogen and oxygen atoms in total. The predicted molar refractivity (Wildman–Crippen MR) is 72.7 cm³/mol. The number of halogens is 2. The van der Waals surface area contributed by atoms with Crippen molar-refractivity contribution in [1.29, 1.82) is 5.26 Å². The summed E-state index contributed by atoms with van der Waals surface area (Å²) in [5.74, 6) is -1.95. The standard InChI is InChI=1S/C13H9F2N3O2S/c14-10-3-2-9(17)6-13(10)21(19,20)18-12-4-1-8(7-16)5-11(12)15/h1-6,18H,17H2. The summed E-state index contributed by atoms with van der Waals surface area (Å²) >= 11 is 0. The van der Waals surface area contributed by atoms with Crippen LogP contribution < -0.4 is 10.5 Å². The van der Waals surface area contributed by atoms with Crippen molar-refractivity contribution in [3.8, 4) is 6.07 Å². The average Bonchev–Trinajstić information content (AvgIpc) is 2.43. The summed E-state index contributed by atoms with van der Waals surface area (Å²) in [7, 11) is -4.34. The molecule has 21 heavy (non-hydrogen) atoms. The average molecular weight is 309 g/mol. The lowest BCUT2D eigenvalue weighted by atomic mass is 10.2. The summed E-state index contributed by atoms with van der Waals surface area (Å²) in [6.45, 7) is 0. The zero-order valence-electron chi connectivity index (χ0n) is 10.5. The first kappa shape index (κ1) is 14.7. The lowest BCUT2D eigenvalue weighted by Crippen LogP contribution is -2.16. The molecule has 0 heterocycles. The number of rotatable bonds is 3. The molecule has 0 aliphatic heterocycles. The van der Waals surface area contributed by atoms with Crippen LogP contribution in [0.15, 0.2) is 41.3 Å². The molecule has 2 aromatic rings. The molecule has 0 aliphatic rings. The summed E-state index contributed by atoms with van der Waals surface area (Å²) in [6, 6.07) is 7.93. The topological polar surface area (TPSA) is 96.0 Å². The Morgan fingerprint density at radius 3 is 2.43 bits per heavy atom. The van der Waals surface area contributed by atoms with Crippen LogP contribution in [0.4, 0.5) is 20.2 Å². The maximum absolute atomic E-state index is 13.7. The number of hydrogen-bond acceptors (Lipinski definition) is 4. The molecule has 2 aromatic carbocycles. The van der Waals surface area contributed by atoms with Gasteiger partial charge in [-0.25, -0.2) is 17.2 Å². The number of nitrogens with zero attached hydrogens (tertiary/aromatic N) is 1. The lowest BCUT2D eigenvalue weighted by Gasteiger charge is -2.10. The molecule has 0 saturated carbocycles. The molecule has 0 saturated heterocycles. The third-order valence-corrected chi connectivity index (χ3v) is 3.97. The van der Waals surface area contributed by atoms with Crippen LogP contribution in [0.2, 0.25) is 0 Å².